The topological polar surface area (TPSA) is 73.2 Å². The summed E-state index contributed by atoms with van der Waals surface area (Å²) < 4.78 is 6.52. The zero-order chi connectivity index (χ0) is 15.5. The number of hydrogen-bond donors (Lipinski definition) is 1. The molecule has 1 aliphatic heterocycles. The summed E-state index contributed by atoms with van der Waals surface area (Å²) in [6.07, 6.45) is 1.41. The fraction of sp³-hybridized carbons (Fsp3) is 0.312. The van der Waals surface area contributed by atoms with E-state index < -0.39 is 0 Å². The van der Waals surface area contributed by atoms with Gasteiger partial charge in [0.25, 0.3) is 5.56 Å². The van der Waals surface area contributed by atoms with Crippen LogP contribution >= 0.6 is 0 Å². The number of aromatic nitrogens is 2. The van der Waals surface area contributed by atoms with Crippen LogP contribution in [0.15, 0.2) is 41.5 Å². The summed E-state index contributed by atoms with van der Waals surface area (Å²) in [4.78, 5) is 28.5. The first-order valence-electron chi connectivity index (χ1n) is 7.14. The fourth-order valence-electron chi connectivity index (χ4n) is 2.47. The Labute approximate surface area is 127 Å². The van der Waals surface area contributed by atoms with Crippen molar-refractivity contribution in [2.45, 2.75) is 32.7 Å². The molecule has 1 aliphatic rings. The van der Waals surface area contributed by atoms with E-state index in [1.165, 1.54) is 10.9 Å². The molecule has 1 amide bonds. The first kappa shape index (κ1) is 14.5. The number of carbonyl (C=O) groups excluding carboxylic acids is 1. The molecule has 0 spiro atoms. The minimum absolute atomic E-state index is 0.0454. The Bertz CT molecular complexity index is 740. The standard InChI is InChI=1S/C16H17N3O3/c1-11(12-5-3-2-4-6-12)18-15(20)7-19-10-17-14-9-22-8-13(14)16(19)21/h2-6,10-11H,7-9H2,1H3,(H,18,20)/t11-/m0/s1. The molecule has 0 aliphatic carbocycles. The van der Waals surface area contributed by atoms with Gasteiger partial charge in [-0.05, 0) is 12.5 Å². The van der Waals surface area contributed by atoms with Crippen LogP contribution in [-0.2, 0) is 29.3 Å². The lowest BCUT2D eigenvalue weighted by Crippen LogP contribution is -2.35. The zero-order valence-electron chi connectivity index (χ0n) is 12.3. The molecule has 0 bridgehead atoms. The average molecular weight is 299 g/mol. The molecule has 0 fully saturated rings. The third-order valence-corrected chi connectivity index (χ3v) is 3.70. The summed E-state index contributed by atoms with van der Waals surface area (Å²) in [5, 5.41) is 2.88. The second-order valence-corrected chi connectivity index (χ2v) is 5.30. The highest BCUT2D eigenvalue weighted by atomic mass is 16.5. The van der Waals surface area contributed by atoms with Gasteiger partial charge in [-0.15, -0.1) is 0 Å². The smallest absolute Gasteiger partial charge is 0.259 e. The highest BCUT2D eigenvalue weighted by Gasteiger charge is 2.19. The molecule has 1 N–H and O–H groups in total. The molecule has 6 heteroatoms. The predicted molar refractivity (Wildman–Crippen MR) is 80.0 cm³/mol. The van der Waals surface area contributed by atoms with Crippen molar-refractivity contribution in [2.24, 2.45) is 0 Å². The van der Waals surface area contributed by atoms with Crippen LogP contribution in [0.4, 0.5) is 0 Å². The molecule has 0 radical (unpaired) electrons. The molecule has 2 heterocycles. The fourth-order valence-corrected chi connectivity index (χ4v) is 2.47. The van der Waals surface area contributed by atoms with E-state index in [1.807, 2.05) is 37.3 Å². The Balaban J connectivity index is 1.69. The second-order valence-electron chi connectivity index (χ2n) is 5.30. The minimum Gasteiger partial charge on any atom is -0.370 e. The van der Waals surface area contributed by atoms with Gasteiger partial charge in [0.05, 0.1) is 36.8 Å². The van der Waals surface area contributed by atoms with Gasteiger partial charge in [-0.1, -0.05) is 30.3 Å². The van der Waals surface area contributed by atoms with Crippen molar-refractivity contribution in [1.29, 1.82) is 0 Å². The van der Waals surface area contributed by atoms with Crippen LogP contribution in [0.3, 0.4) is 0 Å². The molecule has 0 saturated carbocycles. The summed E-state index contributed by atoms with van der Waals surface area (Å²) in [5.74, 6) is -0.223. The summed E-state index contributed by atoms with van der Waals surface area (Å²) in [7, 11) is 0. The molecule has 1 aromatic carbocycles. The van der Waals surface area contributed by atoms with Crippen LogP contribution in [0.5, 0.6) is 0 Å². The summed E-state index contributed by atoms with van der Waals surface area (Å²) in [5.41, 5.74) is 2.03. The Hall–Kier alpha value is -2.47. The van der Waals surface area contributed by atoms with E-state index in [2.05, 4.69) is 10.3 Å². The lowest BCUT2D eigenvalue weighted by Gasteiger charge is -2.15. The average Bonchev–Trinajstić information content (AvgIpc) is 3.00. The number of ether oxygens (including phenoxy) is 1. The largest absolute Gasteiger partial charge is 0.370 e. The monoisotopic (exact) mass is 299 g/mol. The maximum Gasteiger partial charge on any atom is 0.259 e. The molecule has 6 nitrogen and oxygen atoms in total. The number of amides is 1. The van der Waals surface area contributed by atoms with Gasteiger partial charge in [-0.25, -0.2) is 4.98 Å². The SMILES string of the molecule is C[C@H](NC(=O)Cn1cnc2c(c1=O)COC2)c1ccccc1. The van der Waals surface area contributed by atoms with Gasteiger partial charge in [0, 0.05) is 0 Å². The number of rotatable bonds is 4. The van der Waals surface area contributed by atoms with E-state index in [9.17, 15) is 9.59 Å². The van der Waals surface area contributed by atoms with Crippen molar-refractivity contribution in [3.8, 4) is 0 Å². The van der Waals surface area contributed by atoms with Crippen LogP contribution in [0.25, 0.3) is 0 Å². The van der Waals surface area contributed by atoms with Crippen LogP contribution in [0.1, 0.15) is 29.8 Å². The molecular formula is C16H17N3O3. The molecule has 1 atom stereocenters. The normalized spacial score (nSPS) is 14.4. The van der Waals surface area contributed by atoms with Crippen molar-refractivity contribution < 1.29 is 9.53 Å². The number of nitrogens with zero attached hydrogens (tertiary/aromatic N) is 2. The van der Waals surface area contributed by atoms with E-state index >= 15 is 0 Å². The highest BCUT2D eigenvalue weighted by molar-refractivity contribution is 5.76. The van der Waals surface area contributed by atoms with Gasteiger partial charge in [-0.2, -0.15) is 0 Å². The maximum absolute atomic E-state index is 12.2. The van der Waals surface area contributed by atoms with Crippen LogP contribution in [0, 0.1) is 0 Å². The minimum atomic E-state index is -0.223. The van der Waals surface area contributed by atoms with E-state index in [0.717, 1.165) is 5.56 Å². The zero-order valence-corrected chi connectivity index (χ0v) is 12.3. The number of fused-ring (bicyclic) bond motifs is 1. The van der Waals surface area contributed by atoms with Crippen molar-refractivity contribution in [3.63, 3.8) is 0 Å². The van der Waals surface area contributed by atoms with Crippen LogP contribution in [-0.4, -0.2) is 15.5 Å². The molecule has 114 valence electrons. The van der Waals surface area contributed by atoms with E-state index in [-0.39, 0.29) is 30.7 Å². The molecule has 3 rings (SSSR count). The summed E-state index contributed by atoms with van der Waals surface area (Å²) >= 11 is 0. The third kappa shape index (κ3) is 2.92. The Morgan fingerprint density at radius 1 is 1.36 bits per heavy atom. The summed E-state index contributed by atoms with van der Waals surface area (Å²) in [6, 6.07) is 9.56. The predicted octanol–water partition coefficient (Wildman–Crippen LogP) is 1.15. The van der Waals surface area contributed by atoms with E-state index in [4.69, 9.17) is 4.74 Å². The van der Waals surface area contributed by atoms with Gasteiger partial charge in [0.1, 0.15) is 6.54 Å². The van der Waals surface area contributed by atoms with Crippen molar-refractivity contribution in [3.05, 3.63) is 63.8 Å². The van der Waals surface area contributed by atoms with Crippen molar-refractivity contribution in [2.75, 3.05) is 0 Å². The lowest BCUT2D eigenvalue weighted by molar-refractivity contribution is -0.122. The highest BCUT2D eigenvalue weighted by Crippen LogP contribution is 2.13. The third-order valence-electron chi connectivity index (χ3n) is 3.70. The number of nitrogens with one attached hydrogen (secondary N) is 1. The van der Waals surface area contributed by atoms with E-state index in [0.29, 0.717) is 17.9 Å². The first-order chi connectivity index (χ1) is 10.6. The molecule has 22 heavy (non-hydrogen) atoms. The van der Waals surface area contributed by atoms with Crippen molar-refractivity contribution >= 4 is 5.91 Å². The quantitative estimate of drug-likeness (QED) is 0.919. The number of carbonyl (C=O) groups is 1. The molecular weight excluding hydrogens is 282 g/mol. The van der Waals surface area contributed by atoms with Crippen LogP contribution < -0.4 is 10.9 Å². The molecule has 0 saturated heterocycles. The number of hydrogen-bond acceptors (Lipinski definition) is 4. The Morgan fingerprint density at radius 3 is 2.91 bits per heavy atom. The first-order valence-corrected chi connectivity index (χ1v) is 7.14. The van der Waals surface area contributed by atoms with Gasteiger partial charge in [-0.3, -0.25) is 14.2 Å². The second kappa shape index (κ2) is 6.11. The molecule has 2 aromatic rings. The molecule has 0 unspecified atom stereocenters. The van der Waals surface area contributed by atoms with E-state index in [1.54, 1.807) is 0 Å². The lowest BCUT2D eigenvalue weighted by atomic mass is 10.1. The maximum atomic E-state index is 12.2. The number of benzene rings is 1. The summed E-state index contributed by atoms with van der Waals surface area (Å²) in [6.45, 7) is 2.49. The van der Waals surface area contributed by atoms with Crippen molar-refractivity contribution in [1.82, 2.24) is 14.9 Å². The Kier molecular flexibility index (Phi) is 4.02. The molecule has 1 aromatic heterocycles. The van der Waals surface area contributed by atoms with Gasteiger partial charge in [0.15, 0.2) is 0 Å². The van der Waals surface area contributed by atoms with Gasteiger partial charge >= 0.3 is 0 Å². The Morgan fingerprint density at radius 2 is 2.14 bits per heavy atom. The van der Waals surface area contributed by atoms with Crippen LogP contribution in [0.2, 0.25) is 0 Å². The van der Waals surface area contributed by atoms with Gasteiger partial charge in [0.2, 0.25) is 5.91 Å². The van der Waals surface area contributed by atoms with Gasteiger partial charge < -0.3 is 10.1 Å².